The molecule has 2 aromatic carbocycles. The number of halogens is 3. The molecule has 4 nitrogen and oxygen atoms in total. The van der Waals surface area contributed by atoms with E-state index < -0.39 is 15.9 Å². The van der Waals surface area contributed by atoms with Crippen LogP contribution in [-0.4, -0.2) is 23.0 Å². The summed E-state index contributed by atoms with van der Waals surface area (Å²) in [6, 6.07) is 16.0. The molecule has 0 aliphatic carbocycles. The molecule has 1 unspecified atom stereocenters. The summed E-state index contributed by atoms with van der Waals surface area (Å²) >= 11 is 17.7. The number of hydrogen-bond donors (Lipinski definition) is 1. The van der Waals surface area contributed by atoms with E-state index in [9.17, 15) is 4.79 Å². The number of ether oxygens (including phenoxy) is 2. The fourth-order valence-electron chi connectivity index (χ4n) is 1.88. The summed E-state index contributed by atoms with van der Waals surface area (Å²) in [6.45, 7) is 0. The van der Waals surface area contributed by atoms with Crippen molar-refractivity contribution in [3.63, 3.8) is 0 Å². The van der Waals surface area contributed by atoms with Crippen LogP contribution in [0.3, 0.4) is 0 Å². The van der Waals surface area contributed by atoms with Crippen LogP contribution in [0.4, 0.5) is 0 Å². The molecule has 25 heavy (non-hydrogen) atoms. The number of rotatable bonds is 6. The predicted molar refractivity (Wildman–Crippen MR) is 101 cm³/mol. The van der Waals surface area contributed by atoms with E-state index in [1.54, 1.807) is 37.5 Å². The molecule has 0 aromatic heterocycles. The maximum absolute atomic E-state index is 12.1. The minimum absolute atomic E-state index is 0.421. The molecule has 0 aliphatic heterocycles. The van der Waals surface area contributed by atoms with Gasteiger partial charge in [0.05, 0.1) is 7.11 Å². The first-order valence-corrected chi connectivity index (χ1v) is 8.43. The van der Waals surface area contributed by atoms with Crippen molar-refractivity contribution in [1.29, 1.82) is 0 Å². The van der Waals surface area contributed by atoms with E-state index >= 15 is 0 Å². The Balaban J connectivity index is 2.04. The molecule has 132 valence electrons. The van der Waals surface area contributed by atoms with Crippen molar-refractivity contribution in [2.24, 2.45) is 0 Å². The largest absolute Gasteiger partial charge is 0.497 e. The third-order valence-corrected chi connectivity index (χ3v) is 3.71. The number of carbonyl (C=O) groups is 1. The van der Waals surface area contributed by atoms with Gasteiger partial charge in [-0.1, -0.05) is 65.1 Å². The zero-order chi connectivity index (χ0) is 18.3. The van der Waals surface area contributed by atoms with Gasteiger partial charge in [-0.3, -0.25) is 4.79 Å². The summed E-state index contributed by atoms with van der Waals surface area (Å²) in [4.78, 5) is 12.1. The number of hydrogen-bond acceptors (Lipinski definition) is 3. The van der Waals surface area contributed by atoms with E-state index in [0.29, 0.717) is 11.5 Å². The fourth-order valence-corrected chi connectivity index (χ4v) is 2.18. The van der Waals surface area contributed by atoms with Gasteiger partial charge < -0.3 is 14.8 Å². The summed E-state index contributed by atoms with van der Waals surface area (Å²) < 4.78 is 8.80. The lowest BCUT2D eigenvalue weighted by Gasteiger charge is -2.25. The normalized spacial score (nSPS) is 12.6. The van der Waals surface area contributed by atoms with Crippen molar-refractivity contribution in [3.8, 4) is 11.5 Å². The molecule has 0 heterocycles. The smallest absolute Gasteiger partial charge is 0.246 e. The lowest BCUT2D eigenvalue weighted by atomic mass is 10.2. The highest BCUT2D eigenvalue weighted by Crippen LogP contribution is 2.32. The number of methoxy groups -OCH3 is 1. The van der Waals surface area contributed by atoms with Gasteiger partial charge in [-0.25, -0.2) is 0 Å². The third kappa shape index (κ3) is 6.50. The second kappa shape index (κ2) is 8.99. The molecule has 0 saturated carbocycles. The quantitative estimate of drug-likeness (QED) is 0.438. The van der Waals surface area contributed by atoms with Crippen molar-refractivity contribution < 1.29 is 14.3 Å². The molecule has 1 amide bonds. The molecular formula is C18H16Cl3NO3. The first kappa shape index (κ1) is 19.4. The molecule has 0 saturated heterocycles. The molecule has 0 fully saturated rings. The minimum Gasteiger partial charge on any atom is -0.497 e. The lowest BCUT2D eigenvalue weighted by Crippen LogP contribution is -2.47. The predicted octanol–water partition coefficient (Wildman–Crippen LogP) is 4.60. The minimum atomic E-state index is -1.85. The SMILES string of the molecule is COc1ccc(OC(NC(=O)/C=C/c2ccccc2)C(Cl)(Cl)Cl)cc1. The number of amides is 1. The highest BCUT2D eigenvalue weighted by Gasteiger charge is 2.35. The summed E-state index contributed by atoms with van der Waals surface area (Å²) in [7, 11) is 1.55. The van der Waals surface area contributed by atoms with Gasteiger partial charge in [0.25, 0.3) is 0 Å². The molecule has 1 N–H and O–H groups in total. The van der Waals surface area contributed by atoms with E-state index in [-0.39, 0.29) is 0 Å². The molecule has 2 rings (SSSR count). The van der Waals surface area contributed by atoms with Crippen LogP contribution < -0.4 is 14.8 Å². The molecule has 0 spiro atoms. The zero-order valence-corrected chi connectivity index (χ0v) is 15.6. The first-order valence-electron chi connectivity index (χ1n) is 7.29. The van der Waals surface area contributed by atoms with Crippen molar-refractivity contribution in [2.45, 2.75) is 10.0 Å². The summed E-state index contributed by atoms with van der Waals surface area (Å²) in [6.07, 6.45) is 1.83. The molecule has 0 bridgehead atoms. The van der Waals surface area contributed by atoms with Crippen molar-refractivity contribution in [1.82, 2.24) is 5.32 Å². The molecule has 0 radical (unpaired) electrons. The van der Waals surface area contributed by atoms with Crippen LogP contribution in [0.15, 0.2) is 60.7 Å². The summed E-state index contributed by atoms with van der Waals surface area (Å²) in [5.41, 5.74) is 0.874. The van der Waals surface area contributed by atoms with Crippen LogP contribution in [0.5, 0.6) is 11.5 Å². The summed E-state index contributed by atoms with van der Waals surface area (Å²) in [5, 5.41) is 2.53. The Morgan fingerprint density at radius 2 is 1.64 bits per heavy atom. The molecule has 2 aromatic rings. The molecular weight excluding hydrogens is 385 g/mol. The van der Waals surface area contributed by atoms with Crippen LogP contribution in [0.2, 0.25) is 0 Å². The Kier molecular flexibility index (Phi) is 7.00. The van der Waals surface area contributed by atoms with E-state index in [2.05, 4.69) is 5.32 Å². The maximum Gasteiger partial charge on any atom is 0.246 e. The molecule has 1 atom stereocenters. The number of nitrogens with one attached hydrogen (secondary N) is 1. The number of benzene rings is 2. The van der Waals surface area contributed by atoms with Gasteiger partial charge in [-0.05, 0) is 35.9 Å². The topological polar surface area (TPSA) is 47.6 Å². The van der Waals surface area contributed by atoms with E-state index in [0.717, 1.165) is 5.56 Å². The van der Waals surface area contributed by atoms with E-state index in [1.807, 2.05) is 30.3 Å². The Morgan fingerprint density at radius 3 is 2.20 bits per heavy atom. The Bertz CT molecular complexity index is 713. The highest BCUT2D eigenvalue weighted by atomic mass is 35.6. The standard InChI is InChI=1S/C18H16Cl3NO3/c1-24-14-8-10-15(11-9-14)25-17(18(19,20)21)22-16(23)12-7-13-5-3-2-4-6-13/h2-12,17H,1H3,(H,22,23)/b12-7+. The second-order valence-corrected chi connectivity index (χ2v) is 7.34. The molecule has 0 aliphatic rings. The van der Waals surface area contributed by atoms with Gasteiger partial charge in [-0.15, -0.1) is 0 Å². The number of alkyl halides is 3. The lowest BCUT2D eigenvalue weighted by molar-refractivity contribution is -0.118. The highest BCUT2D eigenvalue weighted by molar-refractivity contribution is 6.68. The van der Waals surface area contributed by atoms with Crippen molar-refractivity contribution in [3.05, 3.63) is 66.2 Å². The monoisotopic (exact) mass is 399 g/mol. The van der Waals surface area contributed by atoms with Crippen LogP contribution in [0, 0.1) is 0 Å². The number of carbonyl (C=O) groups excluding carboxylic acids is 1. The van der Waals surface area contributed by atoms with Crippen LogP contribution in [-0.2, 0) is 4.79 Å². The third-order valence-electron chi connectivity index (χ3n) is 3.11. The van der Waals surface area contributed by atoms with Crippen LogP contribution in [0.25, 0.3) is 6.08 Å². The van der Waals surface area contributed by atoms with Crippen LogP contribution >= 0.6 is 34.8 Å². The van der Waals surface area contributed by atoms with E-state index in [4.69, 9.17) is 44.3 Å². The van der Waals surface area contributed by atoms with Gasteiger partial charge in [-0.2, -0.15) is 0 Å². The average Bonchev–Trinajstić information content (AvgIpc) is 2.60. The first-order chi connectivity index (χ1) is 11.9. The second-order valence-electron chi connectivity index (χ2n) is 4.97. The van der Waals surface area contributed by atoms with Crippen molar-refractivity contribution >= 4 is 46.8 Å². The van der Waals surface area contributed by atoms with Gasteiger partial charge in [0, 0.05) is 6.08 Å². The van der Waals surface area contributed by atoms with Gasteiger partial charge >= 0.3 is 0 Å². The Hall–Kier alpha value is -1.88. The zero-order valence-electron chi connectivity index (χ0n) is 13.3. The molecule has 7 heteroatoms. The van der Waals surface area contributed by atoms with Crippen LogP contribution in [0.1, 0.15) is 5.56 Å². The van der Waals surface area contributed by atoms with Gasteiger partial charge in [0.1, 0.15) is 11.5 Å². The van der Waals surface area contributed by atoms with E-state index in [1.165, 1.54) is 6.08 Å². The van der Waals surface area contributed by atoms with Gasteiger partial charge in [0.2, 0.25) is 15.9 Å². The van der Waals surface area contributed by atoms with Gasteiger partial charge in [0.15, 0.2) is 0 Å². The Morgan fingerprint density at radius 1 is 1.04 bits per heavy atom. The maximum atomic E-state index is 12.1. The summed E-state index contributed by atoms with van der Waals surface area (Å²) in [5.74, 6) is 0.630. The fraction of sp³-hybridized carbons (Fsp3) is 0.167. The Labute approximate surface area is 161 Å². The van der Waals surface area contributed by atoms with Crippen molar-refractivity contribution in [2.75, 3.05) is 7.11 Å². The average molecular weight is 401 g/mol.